The van der Waals surface area contributed by atoms with E-state index in [0.717, 1.165) is 42.1 Å². The summed E-state index contributed by atoms with van der Waals surface area (Å²) in [5.41, 5.74) is 5.85. The van der Waals surface area contributed by atoms with Crippen molar-refractivity contribution in [1.82, 2.24) is 9.80 Å². The molecule has 2 heterocycles. The van der Waals surface area contributed by atoms with E-state index in [4.69, 9.17) is 4.99 Å². The van der Waals surface area contributed by atoms with Crippen LogP contribution in [0.1, 0.15) is 52.2 Å². The quantitative estimate of drug-likeness (QED) is 0.440. The van der Waals surface area contributed by atoms with Gasteiger partial charge in [-0.2, -0.15) is 0 Å². The Balaban J connectivity index is 1.53. The van der Waals surface area contributed by atoms with E-state index >= 15 is 0 Å². The van der Waals surface area contributed by atoms with Crippen molar-refractivity contribution in [2.24, 2.45) is 4.99 Å². The van der Waals surface area contributed by atoms with Crippen molar-refractivity contribution < 1.29 is 9.59 Å². The molecule has 0 aromatic heterocycles. The molecule has 1 saturated heterocycles. The highest BCUT2D eigenvalue weighted by Crippen LogP contribution is 2.40. The molecule has 0 bridgehead atoms. The number of likely N-dealkylation sites (N-methyl/N-ethyl adjacent to an activating group) is 1. The molecule has 0 spiro atoms. The summed E-state index contributed by atoms with van der Waals surface area (Å²) in [5.74, 6) is -0.731. The minimum atomic E-state index is -0.592. The van der Waals surface area contributed by atoms with Crippen molar-refractivity contribution in [1.29, 1.82) is 0 Å². The van der Waals surface area contributed by atoms with Gasteiger partial charge in [0.25, 0.3) is 5.91 Å². The van der Waals surface area contributed by atoms with Gasteiger partial charge >= 0.3 is 0 Å². The average molecular weight is 495 g/mol. The summed E-state index contributed by atoms with van der Waals surface area (Å²) >= 11 is 0. The number of rotatable bonds is 6. The number of amides is 2. The van der Waals surface area contributed by atoms with E-state index in [1.54, 1.807) is 37.0 Å². The first-order chi connectivity index (χ1) is 17.9. The first-order valence-corrected chi connectivity index (χ1v) is 13.0. The van der Waals surface area contributed by atoms with Gasteiger partial charge in [-0.15, -0.1) is 0 Å². The molecule has 3 aromatic rings. The number of hydrogen-bond acceptors (Lipinski definition) is 4. The summed E-state index contributed by atoms with van der Waals surface area (Å²) in [4.78, 5) is 37.1. The van der Waals surface area contributed by atoms with E-state index in [0.29, 0.717) is 11.3 Å². The Morgan fingerprint density at radius 3 is 2.30 bits per heavy atom. The van der Waals surface area contributed by atoms with Gasteiger partial charge in [0, 0.05) is 38.9 Å². The molecule has 0 aliphatic carbocycles. The molecule has 1 unspecified atom stereocenters. The normalized spacial score (nSPS) is 18.1. The van der Waals surface area contributed by atoms with Gasteiger partial charge in [0.15, 0.2) is 0 Å². The maximum atomic E-state index is 13.6. The van der Waals surface area contributed by atoms with E-state index in [-0.39, 0.29) is 11.8 Å². The van der Waals surface area contributed by atoms with E-state index < -0.39 is 5.92 Å². The Hall–Kier alpha value is -3.77. The number of carbonyl (C=O) groups is 2. The Morgan fingerprint density at radius 1 is 0.919 bits per heavy atom. The van der Waals surface area contributed by atoms with Crippen LogP contribution < -0.4 is 4.90 Å². The van der Waals surface area contributed by atoms with Crippen LogP contribution in [0.2, 0.25) is 0 Å². The summed E-state index contributed by atoms with van der Waals surface area (Å²) in [6.07, 6.45) is 3.88. The summed E-state index contributed by atoms with van der Waals surface area (Å²) in [5, 5.41) is 0. The largest absolute Gasteiger partial charge is 0.345 e. The summed E-state index contributed by atoms with van der Waals surface area (Å²) in [6, 6.07) is 23.7. The zero-order valence-electron chi connectivity index (χ0n) is 21.9. The average Bonchev–Trinajstić information content (AvgIpc) is 3.17. The van der Waals surface area contributed by atoms with Crippen molar-refractivity contribution in [3.05, 3.63) is 95.1 Å². The molecule has 190 valence electrons. The fourth-order valence-electron chi connectivity index (χ4n) is 5.29. The molecule has 1 fully saturated rings. The maximum absolute atomic E-state index is 13.6. The zero-order chi connectivity index (χ0) is 25.9. The van der Waals surface area contributed by atoms with Crippen LogP contribution in [0.15, 0.2) is 77.8 Å². The lowest BCUT2D eigenvalue weighted by atomic mass is 9.89. The topological polar surface area (TPSA) is 56.2 Å². The standard InChI is InChI=1S/C31H34N4O2/c1-33(2)30(36)24-14-17-27-26(20-24)28(31(37)34(27)3)29(23-10-6-4-7-11-23)32-25-15-12-22(13-16-25)21-35-18-8-5-9-19-35/h4,6-7,10-17,20,28H,5,8-9,18-19,21H2,1-3H3. The van der Waals surface area contributed by atoms with Crippen LogP contribution in [-0.4, -0.2) is 61.6 Å². The van der Waals surface area contributed by atoms with Gasteiger partial charge in [-0.25, -0.2) is 0 Å². The van der Waals surface area contributed by atoms with Gasteiger partial charge in [0.05, 0.1) is 11.4 Å². The molecule has 0 radical (unpaired) electrons. The molecule has 2 aliphatic heterocycles. The second-order valence-electron chi connectivity index (χ2n) is 10.2. The minimum absolute atomic E-state index is 0.0474. The Morgan fingerprint density at radius 2 is 1.62 bits per heavy atom. The number of fused-ring (bicyclic) bond motifs is 1. The number of carbonyl (C=O) groups excluding carboxylic acids is 2. The molecule has 0 N–H and O–H groups in total. The maximum Gasteiger partial charge on any atom is 0.253 e. The Labute approximate surface area is 219 Å². The van der Waals surface area contributed by atoms with Crippen LogP contribution in [0.5, 0.6) is 0 Å². The van der Waals surface area contributed by atoms with Crippen LogP contribution >= 0.6 is 0 Å². The van der Waals surface area contributed by atoms with Crippen LogP contribution in [0, 0.1) is 0 Å². The summed E-state index contributed by atoms with van der Waals surface area (Å²) in [6.45, 7) is 3.28. The highest BCUT2D eigenvalue weighted by atomic mass is 16.2. The number of anilines is 1. The van der Waals surface area contributed by atoms with Crippen LogP contribution in [0.4, 0.5) is 11.4 Å². The van der Waals surface area contributed by atoms with Gasteiger partial charge in [0.1, 0.15) is 5.92 Å². The van der Waals surface area contributed by atoms with Gasteiger partial charge in [-0.3, -0.25) is 19.5 Å². The first-order valence-electron chi connectivity index (χ1n) is 13.0. The lowest BCUT2D eigenvalue weighted by Crippen LogP contribution is -2.29. The van der Waals surface area contributed by atoms with E-state index in [1.165, 1.54) is 24.8 Å². The number of benzene rings is 3. The molecule has 2 aliphatic rings. The monoisotopic (exact) mass is 494 g/mol. The molecule has 0 saturated carbocycles. The summed E-state index contributed by atoms with van der Waals surface area (Å²) in [7, 11) is 5.25. The number of hydrogen-bond donors (Lipinski definition) is 0. The highest BCUT2D eigenvalue weighted by molar-refractivity contribution is 6.25. The van der Waals surface area contributed by atoms with Crippen molar-refractivity contribution in [2.75, 3.05) is 39.1 Å². The van der Waals surface area contributed by atoms with E-state index in [9.17, 15) is 9.59 Å². The second-order valence-corrected chi connectivity index (χ2v) is 10.2. The van der Waals surface area contributed by atoms with Crippen LogP contribution in [0.25, 0.3) is 0 Å². The third kappa shape index (κ3) is 5.20. The number of piperidine rings is 1. The van der Waals surface area contributed by atoms with E-state index in [2.05, 4.69) is 17.0 Å². The van der Waals surface area contributed by atoms with Crippen LogP contribution in [-0.2, 0) is 11.3 Å². The number of likely N-dealkylation sites (tertiary alicyclic amines) is 1. The Kier molecular flexibility index (Phi) is 7.19. The predicted molar refractivity (Wildman–Crippen MR) is 149 cm³/mol. The van der Waals surface area contributed by atoms with Gasteiger partial charge in [0.2, 0.25) is 5.91 Å². The molecule has 3 aromatic carbocycles. The molecule has 1 atom stereocenters. The van der Waals surface area contributed by atoms with Gasteiger partial charge < -0.3 is 9.80 Å². The minimum Gasteiger partial charge on any atom is -0.345 e. The van der Waals surface area contributed by atoms with Crippen LogP contribution in [0.3, 0.4) is 0 Å². The fraction of sp³-hybridized carbons (Fsp3) is 0.323. The molecule has 6 heteroatoms. The van der Waals surface area contributed by atoms with Gasteiger partial charge in [-0.1, -0.05) is 48.9 Å². The number of aliphatic imine (C=N–C) groups is 1. The SMILES string of the molecule is CN(C)C(=O)c1ccc2c(c1)C(C(=Nc1ccc(CN3CCCCC3)cc1)c1ccccc1)C(=O)N2C. The highest BCUT2D eigenvalue weighted by Gasteiger charge is 2.39. The molecule has 5 rings (SSSR count). The van der Waals surface area contributed by atoms with Crippen molar-refractivity contribution in [3.63, 3.8) is 0 Å². The Bertz CT molecular complexity index is 1310. The predicted octanol–water partition coefficient (Wildman–Crippen LogP) is 5.26. The lowest BCUT2D eigenvalue weighted by Gasteiger charge is -2.26. The van der Waals surface area contributed by atoms with Crippen molar-refractivity contribution in [3.8, 4) is 0 Å². The zero-order valence-corrected chi connectivity index (χ0v) is 21.9. The third-order valence-corrected chi connectivity index (χ3v) is 7.31. The van der Waals surface area contributed by atoms with Crippen molar-refractivity contribution >= 4 is 28.9 Å². The number of nitrogens with zero attached hydrogens (tertiary/aromatic N) is 4. The lowest BCUT2D eigenvalue weighted by molar-refractivity contribution is -0.117. The molecule has 2 amide bonds. The molecule has 37 heavy (non-hydrogen) atoms. The fourth-order valence-corrected chi connectivity index (χ4v) is 5.29. The summed E-state index contributed by atoms with van der Waals surface area (Å²) < 4.78 is 0. The smallest absolute Gasteiger partial charge is 0.253 e. The molecular formula is C31H34N4O2. The van der Waals surface area contributed by atoms with Crippen molar-refractivity contribution in [2.45, 2.75) is 31.7 Å². The molecular weight excluding hydrogens is 460 g/mol. The third-order valence-electron chi connectivity index (χ3n) is 7.31. The first kappa shape index (κ1) is 24.9. The second kappa shape index (κ2) is 10.7. The van der Waals surface area contributed by atoms with Gasteiger partial charge in [-0.05, 0) is 73.0 Å². The molecule has 6 nitrogen and oxygen atoms in total. The van der Waals surface area contributed by atoms with E-state index in [1.807, 2.05) is 54.6 Å².